The predicted octanol–water partition coefficient (Wildman–Crippen LogP) is 4.64. The number of nitrogens with zero attached hydrogens (tertiary/aromatic N) is 6. The van der Waals surface area contributed by atoms with E-state index >= 15 is 0 Å². The smallest absolute Gasteiger partial charge is 0.371 e. The van der Waals surface area contributed by atoms with E-state index in [1.54, 1.807) is 30.9 Å². The molecule has 2 aliphatic rings. The zero-order chi connectivity index (χ0) is 27.9. The van der Waals surface area contributed by atoms with E-state index in [-0.39, 0.29) is 33.3 Å². The van der Waals surface area contributed by atoms with Crippen molar-refractivity contribution in [2.24, 2.45) is 14.1 Å². The summed E-state index contributed by atoms with van der Waals surface area (Å²) in [5, 5.41) is 4.07. The van der Waals surface area contributed by atoms with Gasteiger partial charge in [0.2, 0.25) is 0 Å². The quantitative estimate of drug-likeness (QED) is 0.342. The lowest BCUT2D eigenvalue weighted by Gasteiger charge is -2.48. The Hall–Kier alpha value is -3.80. The molecule has 8 nitrogen and oxygen atoms in total. The van der Waals surface area contributed by atoms with Crippen molar-refractivity contribution in [1.29, 1.82) is 0 Å². The fraction of sp³-hybridized carbons (Fsp3) is 0.407. The van der Waals surface area contributed by atoms with E-state index in [1.807, 2.05) is 24.2 Å². The normalized spacial score (nSPS) is 16.6. The fourth-order valence-electron chi connectivity index (χ4n) is 4.86. The van der Waals surface area contributed by atoms with E-state index in [0.717, 1.165) is 31.4 Å². The minimum Gasteiger partial charge on any atom is -0.371 e. The Morgan fingerprint density at radius 2 is 1.87 bits per heavy atom. The van der Waals surface area contributed by atoms with Gasteiger partial charge in [0.05, 0.1) is 23.2 Å². The summed E-state index contributed by atoms with van der Waals surface area (Å²) in [6.45, 7) is 3.24. The summed E-state index contributed by atoms with van der Waals surface area (Å²) >= 11 is 0. The number of aryl methyl sites for hydroxylation is 2. The van der Waals surface area contributed by atoms with Gasteiger partial charge in [-0.1, -0.05) is 0 Å². The highest BCUT2D eigenvalue weighted by atomic mass is 19.4. The van der Waals surface area contributed by atoms with Crippen molar-refractivity contribution in [3.05, 3.63) is 70.3 Å². The zero-order valence-corrected chi connectivity index (χ0v) is 21.8. The number of fused-ring (bicyclic) bond motifs is 1. The highest BCUT2D eigenvalue weighted by molar-refractivity contribution is 5.93. The molecule has 1 saturated heterocycles. The van der Waals surface area contributed by atoms with Crippen LogP contribution in [0.5, 0.6) is 0 Å². The molecule has 0 unspecified atom stereocenters. The van der Waals surface area contributed by atoms with Crippen LogP contribution in [0.15, 0.2) is 47.5 Å². The number of hydrogen-bond acceptors (Lipinski definition) is 6. The van der Waals surface area contributed by atoms with Crippen molar-refractivity contribution in [2.45, 2.75) is 38.0 Å². The number of pyridine rings is 1. The molecular weight excluding hydrogens is 516 g/mol. The lowest BCUT2D eigenvalue weighted by atomic mass is 9.79. The van der Waals surface area contributed by atoms with Gasteiger partial charge in [-0.2, -0.15) is 18.3 Å². The average molecular weight is 545 g/mol. The van der Waals surface area contributed by atoms with Gasteiger partial charge in [0.15, 0.2) is 0 Å². The number of rotatable bonds is 2. The number of benzene rings is 1. The first-order valence-corrected chi connectivity index (χ1v) is 12.6. The van der Waals surface area contributed by atoms with Crippen LogP contribution in [0.1, 0.15) is 30.7 Å². The third-order valence-corrected chi connectivity index (χ3v) is 7.30. The minimum atomic E-state index is -4.67. The standard InChI is InChI=1S/C23H22F4N4O2.C4H6N2/c1-13-28-20-16(21(32)30(13)2)11-18(31-8-9-33-22(12-31)6-3-7-22)29-19(20)15-5-4-14(10-17(15)24)23(25,26)27;1-6-4-2-3-5-6/h4-5,10-11H,3,6-9,12H2,1-2H3;2-4H,1H3. The SMILES string of the molecule is Cc1nc2c(-c3ccc(C(F)(F)F)cc3F)nc(N3CCOC4(CCC4)C3)cc2c(=O)n1C.Cn1cccn1. The summed E-state index contributed by atoms with van der Waals surface area (Å²) in [6.07, 6.45) is 1.90. The monoisotopic (exact) mass is 544 g/mol. The summed E-state index contributed by atoms with van der Waals surface area (Å²) in [6, 6.07) is 5.82. The van der Waals surface area contributed by atoms with E-state index in [0.29, 0.717) is 37.4 Å². The Balaban J connectivity index is 0.000000455. The maximum Gasteiger partial charge on any atom is 0.416 e. The van der Waals surface area contributed by atoms with Crippen molar-refractivity contribution in [1.82, 2.24) is 24.3 Å². The van der Waals surface area contributed by atoms with Crippen LogP contribution in [0.3, 0.4) is 0 Å². The third-order valence-electron chi connectivity index (χ3n) is 7.30. The minimum absolute atomic E-state index is 0.0451. The zero-order valence-electron chi connectivity index (χ0n) is 21.8. The van der Waals surface area contributed by atoms with E-state index in [2.05, 4.69) is 15.1 Å². The molecule has 1 aromatic carbocycles. The number of aromatic nitrogens is 5. The lowest BCUT2D eigenvalue weighted by Crippen LogP contribution is -2.56. The van der Waals surface area contributed by atoms with Gasteiger partial charge in [-0.25, -0.2) is 14.4 Å². The second kappa shape index (κ2) is 10.1. The van der Waals surface area contributed by atoms with E-state index in [1.165, 1.54) is 4.57 Å². The number of alkyl halides is 3. The number of ether oxygens (including phenoxy) is 1. The molecule has 0 bridgehead atoms. The summed E-state index contributed by atoms with van der Waals surface area (Å²) in [7, 11) is 3.47. The molecule has 206 valence electrons. The van der Waals surface area contributed by atoms with Crippen LogP contribution in [0.2, 0.25) is 0 Å². The van der Waals surface area contributed by atoms with Crippen LogP contribution in [0.25, 0.3) is 22.2 Å². The molecule has 3 aromatic heterocycles. The van der Waals surface area contributed by atoms with Crippen LogP contribution >= 0.6 is 0 Å². The molecule has 12 heteroatoms. The molecule has 39 heavy (non-hydrogen) atoms. The molecule has 6 rings (SSSR count). The van der Waals surface area contributed by atoms with E-state index < -0.39 is 17.6 Å². The molecule has 2 fully saturated rings. The van der Waals surface area contributed by atoms with Gasteiger partial charge in [-0.05, 0) is 56.5 Å². The number of hydrogen-bond donors (Lipinski definition) is 0. The van der Waals surface area contributed by atoms with Gasteiger partial charge in [-0.3, -0.25) is 14.0 Å². The van der Waals surface area contributed by atoms with Crippen LogP contribution in [0.4, 0.5) is 23.4 Å². The topological polar surface area (TPSA) is 78.1 Å². The van der Waals surface area contributed by atoms with Crippen molar-refractivity contribution >= 4 is 16.7 Å². The number of anilines is 1. The molecule has 1 aliphatic carbocycles. The van der Waals surface area contributed by atoms with Gasteiger partial charge in [-0.15, -0.1) is 0 Å². The Morgan fingerprint density at radius 1 is 1.10 bits per heavy atom. The van der Waals surface area contributed by atoms with Gasteiger partial charge in [0.25, 0.3) is 5.56 Å². The second-order valence-corrected chi connectivity index (χ2v) is 9.93. The van der Waals surface area contributed by atoms with Crippen LogP contribution < -0.4 is 10.5 Å². The molecule has 1 aliphatic heterocycles. The van der Waals surface area contributed by atoms with Gasteiger partial charge in [0.1, 0.15) is 28.7 Å². The first kappa shape index (κ1) is 26.8. The Labute approximate surface area is 221 Å². The summed E-state index contributed by atoms with van der Waals surface area (Å²) in [5.41, 5.74) is -1.61. The van der Waals surface area contributed by atoms with Crippen molar-refractivity contribution in [2.75, 3.05) is 24.6 Å². The summed E-state index contributed by atoms with van der Waals surface area (Å²) in [4.78, 5) is 24.1. The van der Waals surface area contributed by atoms with Crippen LogP contribution in [-0.2, 0) is 25.0 Å². The second-order valence-electron chi connectivity index (χ2n) is 9.93. The van der Waals surface area contributed by atoms with E-state index in [9.17, 15) is 22.4 Å². The molecule has 0 amide bonds. The van der Waals surface area contributed by atoms with Gasteiger partial charge < -0.3 is 9.64 Å². The molecule has 0 N–H and O–H groups in total. The maximum atomic E-state index is 15.0. The lowest BCUT2D eigenvalue weighted by molar-refractivity contribution is -0.137. The van der Waals surface area contributed by atoms with Gasteiger partial charge >= 0.3 is 6.18 Å². The molecular formula is C27H28F4N6O2. The highest BCUT2D eigenvalue weighted by Gasteiger charge is 2.42. The van der Waals surface area contributed by atoms with Crippen LogP contribution in [0, 0.1) is 12.7 Å². The molecule has 1 spiro atoms. The third kappa shape index (κ3) is 5.25. The van der Waals surface area contributed by atoms with Gasteiger partial charge in [0, 0.05) is 45.1 Å². The van der Waals surface area contributed by atoms with Crippen molar-refractivity contribution in [3.63, 3.8) is 0 Å². The Morgan fingerprint density at radius 3 is 2.44 bits per heavy atom. The first-order chi connectivity index (χ1) is 18.5. The summed E-state index contributed by atoms with van der Waals surface area (Å²) in [5.74, 6) is -0.238. The molecule has 0 radical (unpaired) electrons. The highest BCUT2D eigenvalue weighted by Crippen LogP contribution is 2.40. The number of halogens is 4. The summed E-state index contributed by atoms with van der Waals surface area (Å²) < 4.78 is 63.2. The van der Waals surface area contributed by atoms with E-state index in [4.69, 9.17) is 4.74 Å². The molecule has 4 aromatic rings. The first-order valence-electron chi connectivity index (χ1n) is 12.6. The largest absolute Gasteiger partial charge is 0.416 e. The fourth-order valence-corrected chi connectivity index (χ4v) is 4.86. The maximum absolute atomic E-state index is 15.0. The predicted molar refractivity (Wildman–Crippen MR) is 138 cm³/mol. The molecule has 4 heterocycles. The van der Waals surface area contributed by atoms with Crippen molar-refractivity contribution in [3.8, 4) is 11.3 Å². The Bertz CT molecular complexity index is 1560. The van der Waals surface area contributed by atoms with Crippen LogP contribution in [-0.4, -0.2) is 49.6 Å². The average Bonchev–Trinajstić information content (AvgIpc) is 3.37. The Kier molecular flexibility index (Phi) is 6.91. The molecule has 1 saturated carbocycles. The number of morpholine rings is 1. The van der Waals surface area contributed by atoms with Crippen molar-refractivity contribution < 1.29 is 22.3 Å². The molecule has 0 atom stereocenters.